The van der Waals surface area contributed by atoms with Crippen molar-refractivity contribution in [1.29, 1.82) is 0 Å². The lowest BCUT2D eigenvalue weighted by atomic mass is 9.97. The van der Waals surface area contributed by atoms with Crippen LogP contribution in [0.2, 0.25) is 5.54 Å². The van der Waals surface area contributed by atoms with Crippen molar-refractivity contribution in [1.82, 2.24) is 0 Å². The Morgan fingerprint density at radius 1 is 1.06 bits per heavy atom. The van der Waals surface area contributed by atoms with Gasteiger partial charge in [-0.1, -0.05) is 19.8 Å². The SMILES string of the molecule is CCCCCO[Si](OC)(OC)C1CCC(O)CC1. The van der Waals surface area contributed by atoms with Gasteiger partial charge in [-0.15, -0.1) is 0 Å². The standard InChI is InChI=1S/C13H28O4Si/c1-4-5-6-11-17-18(15-2,16-3)13-9-7-12(14)8-10-13/h12-14H,4-11H2,1-3H3. The second-order valence-corrected chi connectivity index (χ2v) is 8.20. The van der Waals surface area contributed by atoms with Crippen molar-refractivity contribution < 1.29 is 18.4 Å². The van der Waals surface area contributed by atoms with E-state index in [2.05, 4.69) is 6.92 Å². The van der Waals surface area contributed by atoms with Gasteiger partial charge in [0.15, 0.2) is 0 Å². The first-order valence-electron chi connectivity index (χ1n) is 7.10. The van der Waals surface area contributed by atoms with Gasteiger partial charge in [0.25, 0.3) is 0 Å². The third-order valence-corrected chi connectivity index (χ3v) is 7.14. The van der Waals surface area contributed by atoms with Crippen molar-refractivity contribution in [2.24, 2.45) is 0 Å². The van der Waals surface area contributed by atoms with Crippen LogP contribution >= 0.6 is 0 Å². The molecule has 0 saturated heterocycles. The first-order chi connectivity index (χ1) is 8.68. The van der Waals surface area contributed by atoms with E-state index in [1.54, 1.807) is 14.2 Å². The van der Waals surface area contributed by atoms with Crippen LogP contribution < -0.4 is 0 Å². The van der Waals surface area contributed by atoms with Gasteiger partial charge in [-0.25, -0.2) is 0 Å². The van der Waals surface area contributed by atoms with Crippen LogP contribution in [-0.4, -0.2) is 40.8 Å². The van der Waals surface area contributed by atoms with E-state index in [4.69, 9.17) is 13.3 Å². The summed E-state index contributed by atoms with van der Waals surface area (Å²) in [6.07, 6.45) is 6.85. The molecule has 1 rings (SSSR count). The van der Waals surface area contributed by atoms with Crippen LogP contribution in [0.4, 0.5) is 0 Å². The molecule has 0 spiro atoms. The van der Waals surface area contributed by atoms with Crippen LogP contribution in [0.15, 0.2) is 0 Å². The molecule has 0 aliphatic heterocycles. The van der Waals surface area contributed by atoms with Gasteiger partial charge >= 0.3 is 8.80 Å². The minimum Gasteiger partial charge on any atom is -0.393 e. The van der Waals surface area contributed by atoms with E-state index in [1.165, 1.54) is 12.8 Å². The van der Waals surface area contributed by atoms with Gasteiger partial charge in [0.2, 0.25) is 0 Å². The predicted molar refractivity (Wildman–Crippen MR) is 73.5 cm³/mol. The molecule has 1 saturated carbocycles. The molecule has 0 atom stereocenters. The molecule has 18 heavy (non-hydrogen) atoms. The lowest BCUT2D eigenvalue weighted by Crippen LogP contribution is -2.50. The van der Waals surface area contributed by atoms with E-state index >= 15 is 0 Å². The fourth-order valence-corrected chi connectivity index (χ4v) is 5.42. The number of aliphatic hydroxyl groups excluding tert-OH is 1. The molecule has 0 heterocycles. The summed E-state index contributed by atoms with van der Waals surface area (Å²) in [6.45, 7) is 2.90. The van der Waals surface area contributed by atoms with Gasteiger partial charge in [0.05, 0.1) is 6.10 Å². The molecular formula is C13H28O4Si. The molecule has 0 aromatic carbocycles. The summed E-state index contributed by atoms with van der Waals surface area (Å²) in [7, 11) is 0.857. The lowest BCUT2D eigenvalue weighted by molar-refractivity contribution is 0.0647. The Balaban J connectivity index is 2.50. The highest BCUT2D eigenvalue weighted by Gasteiger charge is 2.48. The Labute approximate surface area is 112 Å². The van der Waals surface area contributed by atoms with Gasteiger partial charge in [-0.3, -0.25) is 0 Å². The minimum absolute atomic E-state index is 0.151. The maximum Gasteiger partial charge on any atom is 0.503 e. The summed E-state index contributed by atoms with van der Waals surface area (Å²) < 4.78 is 17.3. The number of hydrogen-bond donors (Lipinski definition) is 1. The summed E-state index contributed by atoms with van der Waals surface area (Å²) in [5.74, 6) is 0. The Morgan fingerprint density at radius 3 is 2.17 bits per heavy atom. The zero-order valence-electron chi connectivity index (χ0n) is 12.0. The first-order valence-corrected chi connectivity index (χ1v) is 8.91. The third kappa shape index (κ3) is 4.31. The highest BCUT2D eigenvalue weighted by atomic mass is 28.4. The third-order valence-electron chi connectivity index (χ3n) is 3.82. The van der Waals surface area contributed by atoms with Crippen LogP contribution in [0.3, 0.4) is 0 Å². The molecule has 0 unspecified atom stereocenters. The summed E-state index contributed by atoms with van der Waals surface area (Å²) in [5.41, 5.74) is 0.345. The maximum absolute atomic E-state index is 9.58. The Morgan fingerprint density at radius 2 is 1.67 bits per heavy atom. The average molecular weight is 276 g/mol. The average Bonchev–Trinajstić information content (AvgIpc) is 2.41. The molecule has 0 radical (unpaired) electrons. The molecule has 0 aromatic heterocycles. The fourth-order valence-electron chi connectivity index (χ4n) is 2.65. The fraction of sp³-hybridized carbons (Fsp3) is 1.00. The summed E-state index contributed by atoms with van der Waals surface area (Å²) in [6, 6.07) is 0. The van der Waals surface area contributed by atoms with Gasteiger partial charge in [-0.05, 0) is 32.1 Å². The molecule has 108 valence electrons. The Bertz CT molecular complexity index is 213. The van der Waals surface area contributed by atoms with Crippen LogP contribution in [0, 0.1) is 0 Å². The van der Waals surface area contributed by atoms with Crippen molar-refractivity contribution in [3.8, 4) is 0 Å². The normalized spacial score (nSPS) is 25.3. The number of rotatable bonds is 8. The van der Waals surface area contributed by atoms with E-state index in [0.29, 0.717) is 5.54 Å². The maximum atomic E-state index is 9.58. The van der Waals surface area contributed by atoms with E-state index in [0.717, 1.165) is 38.7 Å². The molecular weight excluding hydrogens is 248 g/mol. The number of aliphatic hydroxyl groups is 1. The summed E-state index contributed by atoms with van der Waals surface area (Å²) in [5, 5.41) is 9.58. The molecule has 5 heteroatoms. The van der Waals surface area contributed by atoms with Crippen LogP contribution in [0.25, 0.3) is 0 Å². The molecule has 0 aromatic rings. The second-order valence-electron chi connectivity index (χ2n) is 5.07. The quantitative estimate of drug-likeness (QED) is 0.547. The number of hydrogen-bond acceptors (Lipinski definition) is 4. The molecule has 1 aliphatic rings. The van der Waals surface area contributed by atoms with Crippen molar-refractivity contribution in [2.75, 3.05) is 20.8 Å². The van der Waals surface area contributed by atoms with Crippen LogP contribution in [0.5, 0.6) is 0 Å². The lowest BCUT2D eigenvalue weighted by Gasteiger charge is -2.36. The molecule has 1 fully saturated rings. The molecule has 4 nitrogen and oxygen atoms in total. The van der Waals surface area contributed by atoms with E-state index in [-0.39, 0.29) is 6.10 Å². The predicted octanol–water partition coefficient (Wildman–Crippen LogP) is 2.73. The van der Waals surface area contributed by atoms with E-state index < -0.39 is 8.80 Å². The zero-order chi connectivity index (χ0) is 13.4. The molecule has 0 bridgehead atoms. The van der Waals surface area contributed by atoms with Crippen molar-refractivity contribution in [3.05, 3.63) is 0 Å². The van der Waals surface area contributed by atoms with Crippen molar-refractivity contribution in [3.63, 3.8) is 0 Å². The largest absolute Gasteiger partial charge is 0.503 e. The monoisotopic (exact) mass is 276 g/mol. The van der Waals surface area contributed by atoms with Crippen molar-refractivity contribution >= 4 is 8.80 Å². The van der Waals surface area contributed by atoms with Crippen LogP contribution in [0.1, 0.15) is 51.9 Å². The van der Waals surface area contributed by atoms with E-state index in [9.17, 15) is 5.11 Å². The van der Waals surface area contributed by atoms with Crippen LogP contribution in [-0.2, 0) is 13.3 Å². The number of unbranched alkanes of at least 4 members (excludes halogenated alkanes) is 2. The van der Waals surface area contributed by atoms with Gasteiger partial charge in [0.1, 0.15) is 0 Å². The van der Waals surface area contributed by atoms with E-state index in [1.807, 2.05) is 0 Å². The van der Waals surface area contributed by atoms with Gasteiger partial charge in [0, 0.05) is 26.4 Å². The van der Waals surface area contributed by atoms with Crippen molar-refractivity contribution in [2.45, 2.75) is 63.5 Å². The van der Waals surface area contributed by atoms with Gasteiger partial charge in [-0.2, -0.15) is 0 Å². The molecule has 1 N–H and O–H groups in total. The first kappa shape index (κ1) is 16.1. The molecule has 0 amide bonds. The highest BCUT2D eigenvalue weighted by Crippen LogP contribution is 2.38. The minimum atomic E-state index is -2.53. The Hall–Kier alpha value is 0.0569. The smallest absolute Gasteiger partial charge is 0.393 e. The summed E-state index contributed by atoms with van der Waals surface area (Å²) in [4.78, 5) is 0. The zero-order valence-corrected chi connectivity index (χ0v) is 13.0. The Kier molecular flexibility index (Phi) is 7.40. The highest BCUT2D eigenvalue weighted by molar-refractivity contribution is 6.62. The van der Waals surface area contributed by atoms with Gasteiger partial charge < -0.3 is 18.4 Å². The molecule has 1 aliphatic carbocycles. The second kappa shape index (κ2) is 8.27. The topological polar surface area (TPSA) is 47.9 Å². The summed E-state index contributed by atoms with van der Waals surface area (Å²) >= 11 is 0.